The van der Waals surface area contributed by atoms with Gasteiger partial charge in [-0.3, -0.25) is 4.68 Å². The Morgan fingerprint density at radius 1 is 1.09 bits per heavy atom. The van der Waals surface area contributed by atoms with E-state index in [1.807, 2.05) is 24.6 Å². The van der Waals surface area contributed by atoms with Crippen LogP contribution in [0.3, 0.4) is 0 Å². The van der Waals surface area contributed by atoms with Gasteiger partial charge in [0, 0.05) is 49.1 Å². The van der Waals surface area contributed by atoms with Crippen LogP contribution in [-0.4, -0.2) is 33.0 Å². The van der Waals surface area contributed by atoms with Gasteiger partial charge in [0.25, 0.3) is 0 Å². The molecule has 0 aliphatic carbocycles. The van der Waals surface area contributed by atoms with E-state index in [9.17, 15) is 8.78 Å². The van der Waals surface area contributed by atoms with Crippen molar-refractivity contribution in [1.29, 1.82) is 0 Å². The molecule has 7 nitrogen and oxygen atoms in total. The van der Waals surface area contributed by atoms with Gasteiger partial charge in [-0.2, -0.15) is 5.10 Å². The zero-order valence-electron chi connectivity index (χ0n) is 18.5. The van der Waals surface area contributed by atoms with E-state index in [0.717, 1.165) is 37.8 Å². The molecule has 2 aromatic heterocycles. The molecule has 0 radical (unpaired) electrons. The van der Waals surface area contributed by atoms with Crippen LogP contribution in [0.5, 0.6) is 0 Å². The van der Waals surface area contributed by atoms with Crippen molar-refractivity contribution >= 4 is 17.5 Å². The molecule has 1 aromatic carbocycles. The zero-order valence-corrected chi connectivity index (χ0v) is 18.5. The molecule has 1 aliphatic rings. The molecule has 0 spiro atoms. The van der Waals surface area contributed by atoms with Crippen LogP contribution in [-0.2, 0) is 11.2 Å². The Kier molecular flexibility index (Phi) is 6.64. The predicted molar refractivity (Wildman–Crippen MR) is 119 cm³/mol. The van der Waals surface area contributed by atoms with Crippen LogP contribution in [0.15, 0.2) is 30.3 Å². The summed E-state index contributed by atoms with van der Waals surface area (Å²) in [4.78, 5) is 9.06. The second-order valence-electron chi connectivity index (χ2n) is 8.02. The Labute approximate surface area is 186 Å². The fraction of sp³-hybridized carbons (Fsp3) is 0.435. The standard InChI is InChI=1S/C23H28F2N6O/c1-4-20-27-21(26-15(3)18-6-5-16(24)12-19(18)25)13-22(28-20)29-23-11-14(2)31(30-23)17-7-9-32-10-8-17/h5-6,11-13,15,17H,4,7-10H2,1-3H3,(H2,26,27,28,29,30). The molecule has 1 saturated heterocycles. The molecule has 1 unspecified atom stereocenters. The number of nitrogens with one attached hydrogen (secondary N) is 2. The molecule has 1 aliphatic heterocycles. The van der Waals surface area contributed by atoms with Gasteiger partial charge in [-0.15, -0.1) is 0 Å². The number of halogens is 2. The van der Waals surface area contributed by atoms with E-state index in [2.05, 4.69) is 20.6 Å². The van der Waals surface area contributed by atoms with Gasteiger partial charge >= 0.3 is 0 Å². The van der Waals surface area contributed by atoms with Gasteiger partial charge in [0.15, 0.2) is 5.82 Å². The number of ether oxygens (including phenoxy) is 1. The SMILES string of the molecule is CCc1nc(Nc2cc(C)n(C3CCOCC3)n2)cc(NC(C)c2ccc(F)cc2F)n1. The average Bonchev–Trinajstić information content (AvgIpc) is 3.13. The number of anilines is 3. The van der Waals surface area contributed by atoms with E-state index < -0.39 is 17.7 Å². The van der Waals surface area contributed by atoms with E-state index in [1.54, 1.807) is 13.0 Å². The van der Waals surface area contributed by atoms with Crippen molar-refractivity contribution in [2.24, 2.45) is 0 Å². The van der Waals surface area contributed by atoms with E-state index >= 15 is 0 Å². The molecule has 170 valence electrons. The summed E-state index contributed by atoms with van der Waals surface area (Å²) in [6, 6.07) is 7.26. The van der Waals surface area contributed by atoms with Gasteiger partial charge in [0.05, 0.1) is 12.1 Å². The quantitative estimate of drug-likeness (QED) is 0.531. The van der Waals surface area contributed by atoms with Crippen LogP contribution >= 0.6 is 0 Å². The van der Waals surface area contributed by atoms with Crippen LogP contribution in [0.1, 0.15) is 55.9 Å². The minimum atomic E-state index is -0.601. The smallest absolute Gasteiger partial charge is 0.153 e. The van der Waals surface area contributed by atoms with E-state index in [-0.39, 0.29) is 0 Å². The molecule has 4 rings (SSSR count). The molecular formula is C23H28F2N6O. The van der Waals surface area contributed by atoms with Gasteiger partial charge in [0.2, 0.25) is 0 Å². The Morgan fingerprint density at radius 2 is 1.84 bits per heavy atom. The minimum Gasteiger partial charge on any atom is -0.381 e. The molecule has 1 fully saturated rings. The van der Waals surface area contributed by atoms with Gasteiger partial charge in [-0.1, -0.05) is 13.0 Å². The van der Waals surface area contributed by atoms with E-state index in [1.165, 1.54) is 12.1 Å². The topological polar surface area (TPSA) is 76.9 Å². The summed E-state index contributed by atoms with van der Waals surface area (Å²) in [7, 11) is 0. The van der Waals surface area contributed by atoms with Crippen molar-refractivity contribution in [2.45, 2.75) is 52.1 Å². The first-order valence-electron chi connectivity index (χ1n) is 10.9. The lowest BCUT2D eigenvalue weighted by molar-refractivity contribution is 0.0657. The minimum absolute atomic E-state index is 0.333. The van der Waals surface area contributed by atoms with Crippen LogP contribution in [0.2, 0.25) is 0 Å². The molecular weight excluding hydrogens is 414 g/mol. The number of nitrogens with zero attached hydrogens (tertiary/aromatic N) is 4. The van der Waals surface area contributed by atoms with Crippen molar-refractivity contribution in [3.8, 4) is 0 Å². The first-order chi connectivity index (χ1) is 15.4. The molecule has 9 heteroatoms. The summed E-state index contributed by atoms with van der Waals surface area (Å²) in [5.41, 5.74) is 1.44. The maximum atomic E-state index is 14.2. The van der Waals surface area contributed by atoms with Crippen molar-refractivity contribution < 1.29 is 13.5 Å². The summed E-state index contributed by atoms with van der Waals surface area (Å²) < 4.78 is 34.9. The van der Waals surface area contributed by atoms with Crippen molar-refractivity contribution in [1.82, 2.24) is 19.7 Å². The van der Waals surface area contributed by atoms with Gasteiger partial charge in [-0.05, 0) is 32.8 Å². The predicted octanol–water partition coefficient (Wildman–Crippen LogP) is 5.09. The normalized spacial score (nSPS) is 15.5. The lowest BCUT2D eigenvalue weighted by Gasteiger charge is -2.23. The lowest BCUT2D eigenvalue weighted by Crippen LogP contribution is -2.21. The maximum Gasteiger partial charge on any atom is 0.153 e. The van der Waals surface area contributed by atoms with Crippen molar-refractivity contribution in [3.05, 3.63) is 59.0 Å². The molecule has 32 heavy (non-hydrogen) atoms. The number of aryl methyl sites for hydroxylation is 2. The summed E-state index contributed by atoms with van der Waals surface area (Å²) in [6.07, 6.45) is 2.53. The monoisotopic (exact) mass is 442 g/mol. The Hall–Kier alpha value is -3.07. The maximum absolute atomic E-state index is 14.2. The lowest BCUT2D eigenvalue weighted by atomic mass is 10.1. The third-order valence-corrected chi connectivity index (χ3v) is 5.60. The highest BCUT2D eigenvalue weighted by Crippen LogP contribution is 2.26. The number of benzene rings is 1. The van der Waals surface area contributed by atoms with E-state index in [4.69, 9.17) is 9.84 Å². The summed E-state index contributed by atoms with van der Waals surface area (Å²) in [6.45, 7) is 7.31. The highest BCUT2D eigenvalue weighted by molar-refractivity contribution is 5.57. The highest BCUT2D eigenvalue weighted by atomic mass is 19.1. The van der Waals surface area contributed by atoms with Gasteiger partial charge in [-0.25, -0.2) is 18.7 Å². The second kappa shape index (κ2) is 9.60. The molecule has 0 saturated carbocycles. The molecule has 3 heterocycles. The Balaban J connectivity index is 1.53. The fourth-order valence-electron chi connectivity index (χ4n) is 3.92. The van der Waals surface area contributed by atoms with Crippen molar-refractivity contribution in [2.75, 3.05) is 23.8 Å². The van der Waals surface area contributed by atoms with Crippen LogP contribution in [0.4, 0.5) is 26.2 Å². The zero-order chi connectivity index (χ0) is 22.7. The summed E-state index contributed by atoms with van der Waals surface area (Å²) in [5, 5.41) is 11.2. The molecule has 2 N–H and O–H groups in total. The van der Waals surface area contributed by atoms with Gasteiger partial charge in [0.1, 0.15) is 29.1 Å². The fourth-order valence-corrected chi connectivity index (χ4v) is 3.92. The number of hydrogen-bond acceptors (Lipinski definition) is 6. The van der Waals surface area contributed by atoms with Crippen LogP contribution < -0.4 is 10.6 Å². The molecule has 0 bridgehead atoms. The average molecular weight is 443 g/mol. The first kappa shape index (κ1) is 22.1. The van der Waals surface area contributed by atoms with Crippen LogP contribution in [0, 0.1) is 18.6 Å². The number of aromatic nitrogens is 4. The van der Waals surface area contributed by atoms with Crippen molar-refractivity contribution in [3.63, 3.8) is 0 Å². The Bertz CT molecular complexity index is 1080. The largest absolute Gasteiger partial charge is 0.381 e. The first-order valence-corrected chi connectivity index (χ1v) is 10.9. The Morgan fingerprint density at radius 3 is 2.56 bits per heavy atom. The van der Waals surface area contributed by atoms with Gasteiger partial charge < -0.3 is 15.4 Å². The highest BCUT2D eigenvalue weighted by Gasteiger charge is 2.19. The number of hydrogen-bond donors (Lipinski definition) is 2. The molecule has 1 atom stereocenters. The molecule has 0 amide bonds. The second-order valence-corrected chi connectivity index (χ2v) is 8.02. The third-order valence-electron chi connectivity index (χ3n) is 5.60. The van der Waals surface area contributed by atoms with E-state index in [0.29, 0.717) is 41.3 Å². The number of rotatable bonds is 7. The van der Waals surface area contributed by atoms with Crippen LogP contribution in [0.25, 0.3) is 0 Å². The third kappa shape index (κ3) is 5.04. The summed E-state index contributed by atoms with van der Waals surface area (Å²) in [5.74, 6) is 1.31. The molecule has 3 aromatic rings. The summed E-state index contributed by atoms with van der Waals surface area (Å²) >= 11 is 0.